The van der Waals surface area contributed by atoms with Crippen LogP contribution in [0.25, 0.3) is 10.8 Å². The Labute approximate surface area is 85.9 Å². The largest absolute Gasteiger partial charge is 0.505 e. The lowest BCUT2D eigenvalue weighted by molar-refractivity contribution is 0.173. The van der Waals surface area contributed by atoms with Gasteiger partial charge in [-0.3, -0.25) is 4.98 Å². The summed E-state index contributed by atoms with van der Waals surface area (Å²) >= 11 is 0. The average molecular weight is 209 g/mol. The Morgan fingerprint density at radius 3 is 3.07 bits per heavy atom. The maximum absolute atomic E-state index is 9.76. The molecule has 0 spiro atoms. The Hall–Kier alpha value is -1.75. The third kappa shape index (κ3) is 1.61. The summed E-state index contributed by atoms with van der Waals surface area (Å²) in [4.78, 5) is 3.99. The Balaban J connectivity index is 2.51. The first-order valence-electron chi connectivity index (χ1n) is 4.53. The van der Waals surface area contributed by atoms with Crippen molar-refractivity contribution in [3.63, 3.8) is 0 Å². The van der Waals surface area contributed by atoms with Crippen LogP contribution >= 0.6 is 0 Å². The van der Waals surface area contributed by atoms with E-state index in [2.05, 4.69) is 4.98 Å². The molecule has 0 radical (unpaired) electrons. The first-order valence-corrected chi connectivity index (χ1v) is 4.53. The topological polar surface area (TPSA) is 75.7 Å². The molecule has 0 saturated heterocycles. The van der Waals surface area contributed by atoms with Crippen molar-refractivity contribution in [3.8, 4) is 11.7 Å². The molecule has 0 aromatic carbocycles. The van der Waals surface area contributed by atoms with Crippen LogP contribution in [0, 0.1) is 6.92 Å². The SMILES string of the molecule is Cc1ncc2coc(OCCO)c2c1O. The predicted molar refractivity (Wildman–Crippen MR) is 53.0 cm³/mol. The quantitative estimate of drug-likeness (QED) is 0.794. The van der Waals surface area contributed by atoms with Crippen molar-refractivity contribution in [2.24, 2.45) is 0 Å². The zero-order chi connectivity index (χ0) is 10.8. The Kier molecular flexibility index (Phi) is 2.47. The van der Waals surface area contributed by atoms with Crippen LogP contribution < -0.4 is 4.74 Å². The summed E-state index contributed by atoms with van der Waals surface area (Å²) in [6.45, 7) is 1.72. The number of hydrogen-bond donors (Lipinski definition) is 2. The summed E-state index contributed by atoms with van der Waals surface area (Å²) in [6, 6.07) is 0. The number of aromatic nitrogens is 1. The number of nitrogens with zero attached hydrogens (tertiary/aromatic N) is 1. The lowest BCUT2D eigenvalue weighted by Gasteiger charge is -2.02. The van der Waals surface area contributed by atoms with E-state index in [1.165, 1.54) is 6.26 Å². The van der Waals surface area contributed by atoms with Gasteiger partial charge in [-0.25, -0.2) is 0 Å². The molecule has 2 aromatic heterocycles. The maximum atomic E-state index is 9.76. The highest BCUT2D eigenvalue weighted by Gasteiger charge is 2.14. The Morgan fingerprint density at radius 2 is 2.33 bits per heavy atom. The van der Waals surface area contributed by atoms with Crippen LogP contribution in [0.2, 0.25) is 0 Å². The summed E-state index contributed by atoms with van der Waals surface area (Å²) < 4.78 is 10.3. The van der Waals surface area contributed by atoms with E-state index < -0.39 is 0 Å². The molecule has 5 heteroatoms. The second-order valence-electron chi connectivity index (χ2n) is 3.12. The van der Waals surface area contributed by atoms with Gasteiger partial charge >= 0.3 is 0 Å². The molecule has 0 atom stereocenters. The third-order valence-electron chi connectivity index (χ3n) is 2.09. The summed E-state index contributed by atoms with van der Waals surface area (Å²) in [5.41, 5.74) is 0.512. The van der Waals surface area contributed by atoms with Crippen LogP contribution in [0.3, 0.4) is 0 Å². The molecular weight excluding hydrogens is 198 g/mol. The highest BCUT2D eigenvalue weighted by atomic mass is 16.6. The molecule has 5 nitrogen and oxygen atoms in total. The van der Waals surface area contributed by atoms with Crippen LogP contribution in [0.15, 0.2) is 16.9 Å². The number of pyridine rings is 1. The molecule has 2 heterocycles. The molecule has 0 bridgehead atoms. The summed E-state index contributed by atoms with van der Waals surface area (Å²) in [6.07, 6.45) is 3.05. The van der Waals surface area contributed by atoms with Crippen molar-refractivity contribution in [2.75, 3.05) is 13.2 Å². The number of fused-ring (bicyclic) bond motifs is 1. The lowest BCUT2D eigenvalue weighted by atomic mass is 10.2. The molecule has 2 N–H and O–H groups in total. The lowest BCUT2D eigenvalue weighted by Crippen LogP contribution is -2.00. The van der Waals surface area contributed by atoms with Gasteiger partial charge in [0.05, 0.1) is 12.3 Å². The van der Waals surface area contributed by atoms with E-state index in [1.54, 1.807) is 13.1 Å². The summed E-state index contributed by atoms with van der Waals surface area (Å²) in [5.74, 6) is 0.260. The second kappa shape index (κ2) is 3.78. The number of aliphatic hydroxyl groups is 1. The Morgan fingerprint density at radius 1 is 1.53 bits per heavy atom. The van der Waals surface area contributed by atoms with Gasteiger partial charge in [-0.05, 0) is 6.92 Å². The molecule has 2 rings (SSSR count). The van der Waals surface area contributed by atoms with Crippen molar-refractivity contribution in [3.05, 3.63) is 18.2 Å². The molecule has 0 aliphatic rings. The van der Waals surface area contributed by atoms with Gasteiger partial charge in [-0.1, -0.05) is 0 Å². The van der Waals surface area contributed by atoms with E-state index in [0.29, 0.717) is 16.5 Å². The predicted octanol–water partition coefficient (Wildman–Crippen LogP) is 1.21. The molecule has 80 valence electrons. The molecule has 2 aromatic rings. The van der Waals surface area contributed by atoms with Crippen molar-refractivity contribution >= 4 is 10.8 Å². The highest BCUT2D eigenvalue weighted by Crippen LogP contribution is 2.35. The highest BCUT2D eigenvalue weighted by molar-refractivity contribution is 5.91. The smallest absolute Gasteiger partial charge is 0.296 e. The average Bonchev–Trinajstić information content (AvgIpc) is 2.64. The zero-order valence-corrected chi connectivity index (χ0v) is 8.23. The number of rotatable bonds is 3. The van der Waals surface area contributed by atoms with Crippen molar-refractivity contribution in [1.82, 2.24) is 4.98 Å². The van der Waals surface area contributed by atoms with Gasteiger partial charge in [0.25, 0.3) is 5.95 Å². The van der Waals surface area contributed by atoms with Gasteiger partial charge in [-0.15, -0.1) is 0 Å². The summed E-state index contributed by atoms with van der Waals surface area (Å²) in [7, 11) is 0. The van der Waals surface area contributed by atoms with E-state index in [0.717, 1.165) is 0 Å². The standard InChI is InChI=1S/C10H11NO4/c1-6-9(13)8-7(4-11-6)5-15-10(8)14-3-2-12/h4-5,12-13H,2-3H2,1H3. The van der Waals surface area contributed by atoms with E-state index in [-0.39, 0.29) is 24.9 Å². The number of hydrogen-bond acceptors (Lipinski definition) is 5. The fourth-order valence-corrected chi connectivity index (χ4v) is 1.33. The van der Waals surface area contributed by atoms with Crippen LogP contribution in [-0.4, -0.2) is 28.4 Å². The normalized spacial score (nSPS) is 10.8. The molecule has 15 heavy (non-hydrogen) atoms. The zero-order valence-electron chi connectivity index (χ0n) is 8.23. The molecule has 0 saturated carbocycles. The van der Waals surface area contributed by atoms with E-state index >= 15 is 0 Å². The molecule has 0 aliphatic carbocycles. The van der Waals surface area contributed by atoms with E-state index in [1.807, 2.05) is 0 Å². The van der Waals surface area contributed by atoms with Crippen molar-refractivity contribution in [2.45, 2.75) is 6.92 Å². The van der Waals surface area contributed by atoms with E-state index in [9.17, 15) is 5.11 Å². The number of aromatic hydroxyl groups is 1. The monoisotopic (exact) mass is 209 g/mol. The van der Waals surface area contributed by atoms with E-state index in [4.69, 9.17) is 14.3 Å². The summed E-state index contributed by atoms with van der Waals surface area (Å²) in [5, 5.41) is 19.6. The molecular formula is C10H11NO4. The van der Waals surface area contributed by atoms with Gasteiger partial charge < -0.3 is 19.4 Å². The molecule has 0 fully saturated rings. The van der Waals surface area contributed by atoms with Gasteiger partial charge in [-0.2, -0.15) is 0 Å². The van der Waals surface area contributed by atoms with Gasteiger partial charge in [0.2, 0.25) is 0 Å². The number of ether oxygens (including phenoxy) is 1. The minimum absolute atomic E-state index is 0.0502. The first kappa shape index (κ1) is 9.79. The molecule has 0 amide bonds. The second-order valence-corrected chi connectivity index (χ2v) is 3.12. The third-order valence-corrected chi connectivity index (χ3v) is 2.09. The minimum Gasteiger partial charge on any atom is -0.505 e. The van der Waals surface area contributed by atoms with Crippen LogP contribution in [0.5, 0.6) is 11.7 Å². The number of furan rings is 1. The maximum Gasteiger partial charge on any atom is 0.296 e. The van der Waals surface area contributed by atoms with Crippen molar-refractivity contribution in [1.29, 1.82) is 0 Å². The fraction of sp³-hybridized carbons (Fsp3) is 0.300. The van der Waals surface area contributed by atoms with Crippen LogP contribution in [0.4, 0.5) is 0 Å². The van der Waals surface area contributed by atoms with Gasteiger partial charge in [0, 0.05) is 11.6 Å². The first-order chi connectivity index (χ1) is 7.24. The van der Waals surface area contributed by atoms with Crippen LogP contribution in [0.1, 0.15) is 5.69 Å². The van der Waals surface area contributed by atoms with Gasteiger partial charge in [0.15, 0.2) is 5.75 Å². The number of aryl methyl sites for hydroxylation is 1. The molecule has 0 aliphatic heterocycles. The molecule has 0 unspecified atom stereocenters. The van der Waals surface area contributed by atoms with Crippen LogP contribution in [-0.2, 0) is 0 Å². The Bertz CT molecular complexity index is 477. The number of aliphatic hydroxyl groups excluding tert-OH is 1. The van der Waals surface area contributed by atoms with Crippen molar-refractivity contribution < 1.29 is 19.4 Å². The minimum atomic E-state index is -0.104. The van der Waals surface area contributed by atoms with Gasteiger partial charge in [0.1, 0.15) is 18.3 Å². The fourth-order valence-electron chi connectivity index (χ4n) is 1.33.